The van der Waals surface area contributed by atoms with Crippen LogP contribution in [0.3, 0.4) is 0 Å². The quantitative estimate of drug-likeness (QED) is 0.640. The minimum Gasteiger partial charge on any atom is -0.447 e. The maximum Gasteiger partial charge on any atom is 0.410 e. The molecule has 10 heteroatoms. The summed E-state index contributed by atoms with van der Waals surface area (Å²) >= 11 is 0. The summed E-state index contributed by atoms with van der Waals surface area (Å²) in [4.78, 5) is 14.2. The second kappa shape index (κ2) is 10.0. The Bertz CT molecular complexity index is 578. The molecule has 0 spiro atoms. The molecule has 0 radical (unpaired) electrons. The van der Waals surface area contributed by atoms with Crippen molar-refractivity contribution in [1.29, 1.82) is 0 Å². The molecular weight excluding hydrogens is 372 g/mol. The lowest BCUT2D eigenvalue weighted by molar-refractivity contribution is -0.0259. The molecule has 2 aliphatic heterocycles. The third-order valence-electron chi connectivity index (χ3n) is 4.92. The lowest BCUT2D eigenvalue weighted by atomic mass is 9.98. The van der Waals surface area contributed by atoms with Gasteiger partial charge in [0.2, 0.25) is 0 Å². The maximum absolute atomic E-state index is 12.6. The van der Waals surface area contributed by atoms with Gasteiger partial charge in [-0.25, -0.2) is 4.79 Å². The Morgan fingerprint density at radius 3 is 2.52 bits per heavy atom. The van der Waals surface area contributed by atoms with Crippen molar-refractivity contribution in [3.05, 3.63) is 0 Å². The molecular formula is C17H34N4O5S. The Kier molecular flexibility index (Phi) is 8.29. The van der Waals surface area contributed by atoms with E-state index in [-0.39, 0.29) is 12.2 Å². The van der Waals surface area contributed by atoms with Crippen LogP contribution in [0, 0.1) is 0 Å². The van der Waals surface area contributed by atoms with E-state index < -0.39 is 28.4 Å². The van der Waals surface area contributed by atoms with Crippen LogP contribution in [-0.4, -0.2) is 88.3 Å². The molecule has 27 heavy (non-hydrogen) atoms. The number of carbonyl (C=O) groups is 1. The van der Waals surface area contributed by atoms with E-state index in [0.29, 0.717) is 26.0 Å². The Morgan fingerprint density at radius 1 is 1.26 bits per heavy atom. The molecule has 1 amide bonds. The Labute approximate surface area is 162 Å². The van der Waals surface area contributed by atoms with Gasteiger partial charge in [0.05, 0.1) is 24.9 Å². The highest BCUT2D eigenvalue weighted by Crippen LogP contribution is 2.22. The Hall–Kier alpha value is -0.940. The number of ether oxygens (including phenoxy) is 2. The van der Waals surface area contributed by atoms with Crippen molar-refractivity contribution in [2.24, 2.45) is 0 Å². The largest absolute Gasteiger partial charge is 0.447 e. The smallest absolute Gasteiger partial charge is 0.410 e. The molecule has 0 unspecified atom stereocenters. The first-order valence-corrected chi connectivity index (χ1v) is 11.1. The number of amides is 1. The van der Waals surface area contributed by atoms with Gasteiger partial charge in [-0.15, -0.1) is 0 Å². The number of piperidine rings is 2. The minimum atomic E-state index is -3.61. The van der Waals surface area contributed by atoms with E-state index in [1.165, 1.54) is 14.1 Å². The molecule has 0 saturated carbocycles. The summed E-state index contributed by atoms with van der Waals surface area (Å²) in [6.45, 7) is 6.24. The van der Waals surface area contributed by atoms with Gasteiger partial charge in [0, 0.05) is 26.7 Å². The molecule has 0 aromatic carbocycles. The van der Waals surface area contributed by atoms with Crippen molar-refractivity contribution in [3.63, 3.8) is 0 Å². The summed E-state index contributed by atoms with van der Waals surface area (Å²) in [5.41, 5.74) is 0. The number of carbonyl (C=O) groups excluding carboxylic acids is 1. The number of hydrogen-bond donors (Lipinski definition) is 2. The summed E-state index contributed by atoms with van der Waals surface area (Å²) in [5.74, 6) is 0. The van der Waals surface area contributed by atoms with Crippen LogP contribution in [0.1, 0.15) is 39.5 Å². The van der Waals surface area contributed by atoms with Crippen LogP contribution in [0.15, 0.2) is 0 Å². The predicted molar refractivity (Wildman–Crippen MR) is 103 cm³/mol. The molecule has 2 fully saturated rings. The van der Waals surface area contributed by atoms with Crippen LogP contribution in [0.4, 0.5) is 4.79 Å². The SMILES string of the molecule is CC(C)OC(=O)N1CCC[C@H](NS(=O)(=O)N(C)C)[C@@H]1COC1CCNCC1. The van der Waals surface area contributed by atoms with Crippen molar-refractivity contribution in [2.75, 3.05) is 40.3 Å². The standard InChI is InChI=1S/C17H34N4O5S/c1-13(2)26-17(22)21-11-5-6-15(19-27(23,24)20(3)4)16(21)12-25-14-7-9-18-10-8-14/h13-16,18-19H,5-12H2,1-4H3/t15-,16-/m0/s1. The highest BCUT2D eigenvalue weighted by molar-refractivity contribution is 7.87. The first-order chi connectivity index (χ1) is 12.7. The monoisotopic (exact) mass is 406 g/mol. The van der Waals surface area contributed by atoms with Gasteiger partial charge in [0.1, 0.15) is 0 Å². The van der Waals surface area contributed by atoms with E-state index in [9.17, 15) is 13.2 Å². The van der Waals surface area contributed by atoms with Gasteiger partial charge >= 0.3 is 6.09 Å². The van der Waals surface area contributed by atoms with Crippen LogP contribution in [-0.2, 0) is 19.7 Å². The molecule has 2 rings (SSSR count). The molecule has 2 heterocycles. The Morgan fingerprint density at radius 2 is 1.93 bits per heavy atom. The third kappa shape index (κ3) is 6.56. The van der Waals surface area contributed by atoms with Crippen LogP contribution >= 0.6 is 0 Å². The highest BCUT2D eigenvalue weighted by atomic mass is 32.2. The number of hydrogen-bond acceptors (Lipinski definition) is 6. The first kappa shape index (κ1) is 22.4. The molecule has 0 bridgehead atoms. The molecule has 0 aromatic rings. The summed E-state index contributed by atoms with van der Waals surface area (Å²) in [6.07, 6.45) is 2.66. The minimum absolute atomic E-state index is 0.127. The number of rotatable bonds is 7. The Balaban J connectivity index is 2.12. The summed E-state index contributed by atoms with van der Waals surface area (Å²) < 4.78 is 40.0. The van der Waals surface area contributed by atoms with Gasteiger partial charge in [0.25, 0.3) is 10.2 Å². The van der Waals surface area contributed by atoms with Gasteiger partial charge in [-0.1, -0.05) is 0 Å². The zero-order valence-electron chi connectivity index (χ0n) is 16.8. The van der Waals surface area contributed by atoms with Gasteiger partial charge in [-0.3, -0.25) is 0 Å². The molecule has 2 N–H and O–H groups in total. The normalized spacial score (nSPS) is 25.2. The number of nitrogens with one attached hydrogen (secondary N) is 2. The van der Waals surface area contributed by atoms with Crippen molar-refractivity contribution < 1.29 is 22.7 Å². The molecule has 2 atom stereocenters. The molecule has 0 aromatic heterocycles. The molecule has 2 aliphatic rings. The molecule has 2 saturated heterocycles. The topological polar surface area (TPSA) is 100 Å². The molecule has 0 aliphatic carbocycles. The lowest BCUT2D eigenvalue weighted by Gasteiger charge is -2.41. The van der Waals surface area contributed by atoms with Crippen LogP contribution in [0.2, 0.25) is 0 Å². The van der Waals surface area contributed by atoms with Crippen molar-refractivity contribution in [2.45, 2.75) is 63.8 Å². The average Bonchev–Trinajstić information content (AvgIpc) is 2.60. The average molecular weight is 407 g/mol. The molecule has 158 valence electrons. The van der Waals surface area contributed by atoms with E-state index >= 15 is 0 Å². The van der Waals surface area contributed by atoms with E-state index in [1.807, 2.05) is 0 Å². The number of likely N-dealkylation sites (tertiary alicyclic amines) is 1. The predicted octanol–water partition coefficient (Wildman–Crippen LogP) is 0.529. The zero-order chi connectivity index (χ0) is 20.0. The molecule has 9 nitrogen and oxygen atoms in total. The van der Waals surface area contributed by atoms with Gasteiger partial charge in [0.15, 0.2) is 0 Å². The van der Waals surface area contributed by atoms with E-state index in [2.05, 4.69) is 10.0 Å². The fourth-order valence-corrected chi connectivity index (χ4v) is 4.26. The first-order valence-electron chi connectivity index (χ1n) is 9.70. The van der Waals surface area contributed by atoms with Crippen LogP contribution in [0.25, 0.3) is 0 Å². The van der Waals surface area contributed by atoms with Crippen molar-refractivity contribution in [1.82, 2.24) is 19.2 Å². The van der Waals surface area contributed by atoms with Gasteiger partial charge in [-0.05, 0) is 52.6 Å². The second-order valence-corrected chi connectivity index (χ2v) is 9.55. The van der Waals surface area contributed by atoms with Gasteiger partial charge in [-0.2, -0.15) is 17.4 Å². The maximum atomic E-state index is 12.6. The highest BCUT2D eigenvalue weighted by Gasteiger charge is 2.38. The van der Waals surface area contributed by atoms with Crippen molar-refractivity contribution >= 4 is 16.3 Å². The van der Waals surface area contributed by atoms with E-state index in [4.69, 9.17) is 9.47 Å². The zero-order valence-corrected chi connectivity index (χ0v) is 17.6. The third-order valence-corrected chi connectivity index (χ3v) is 6.48. The fraction of sp³-hybridized carbons (Fsp3) is 0.941. The summed E-state index contributed by atoms with van der Waals surface area (Å²) in [6, 6.07) is -0.804. The van der Waals surface area contributed by atoms with Crippen LogP contribution in [0.5, 0.6) is 0 Å². The summed E-state index contributed by atoms with van der Waals surface area (Å²) in [5, 5.41) is 3.29. The fourth-order valence-electron chi connectivity index (χ4n) is 3.39. The lowest BCUT2D eigenvalue weighted by Crippen LogP contribution is -2.60. The van der Waals surface area contributed by atoms with E-state index in [0.717, 1.165) is 30.2 Å². The van der Waals surface area contributed by atoms with Crippen molar-refractivity contribution in [3.8, 4) is 0 Å². The number of nitrogens with zero attached hydrogens (tertiary/aromatic N) is 2. The summed E-state index contributed by atoms with van der Waals surface area (Å²) in [7, 11) is -0.642. The second-order valence-electron chi connectivity index (χ2n) is 7.63. The van der Waals surface area contributed by atoms with Gasteiger partial charge < -0.3 is 19.7 Å². The van der Waals surface area contributed by atoms with E-state index in [1.54, 1.807) is 18.7 Å². The van der Waals surface area contributed by atoms with Crippen LogP contribution < -0.4 is 10.0 Å².